The second kappa shape index (κ2) is 7.40. The molecule has 0 saturated carbocycles. The van der Waals surface area contributed by atoms with Crippen LogP contribution >= 0.6 is 27.3 Å². The van der Waals surface area contributed by atoms with Gasteiger partial charge in [0.15, 0.2) is 0 Å². The maximum atomic E-state index is 12.3. The summed E-state index contributed by atoms with van der Waals surface area (Å²) in [7, 11) is 0. The predicted octanol–water partition coefficient (Wildman–Crippen LogP) is 4.00. The number of halogens is 1. The topological polar surface area (TPSA) is 55.4 Å². The molecule has 118 valence electrons. The lowest BCUT2D eigenvalue weighted by Gasteiger charge is -2.27. The van der Waals surface area contributed by atoms with E-state index in [-0.39, 0.29) is 17.8 Å². The summed E-state index contributed by atoms with van der Waals surface area (Å²) in [4.78, 5) is 24.5. The summed E-state index contributed by atoms with van der Waals surface area (Å²) >= 11 is 4.76. The van der Waals surface area contributed by atoms with Gasteiger partial charge in [0, 0.05) is 5.38 Å². The number of amides is 1. The molecule has 0 spiro atoms. The molecule has 0 aliphatic rings. The summed E-state index contributed by atoms with van der Waals surface area (Å²) in [5.41, 5.74) is -0.0254. The molecule has 0 unspecified atom stereocenters. The van der Waals surface area contributed by atoms with Crippen molar-refractivity contribution in [2.75, 3.05) is 0 Å². The lowest BCUT2D eigenvalue weighted by atomic mass is 9.98. The van der Waals surface area contributed by atoms with Gasteiger partial charge < -0.3 is 10.1 Å². The molecule has 0 radical (unpaired) electrons. The van der Waals surface area contributed by atoms with E-state index in [0.29, 0.717) is 5.56 Å². The highest BCUT2D eigenvalue weighted by Crippen LogP contribution is 2.21. The van der Waals surface area contributed by atoms with Gasteiger partial charge in [-0.05, 0) is 48.7 Å². The molecule has 0 bridgehead atoms. The highest BCUT2D eigenvalue weighted by Gasteiger charge is 2.30. The van der Waals surface area contributed by atoms with E-state index >= 15 is 0 Å². The molecule has 1 heterocycles. The van der Waals surface area contributed by atoms with Gasteiger partial charge in [-0.3, -0.25) is 4.79 Å². The van der Waals surface area contributed by atoms with Crippen LogP contribution in [0.2, 0.25) is 0 Å². The Morgan fingerprint density at radius 2 is 2.05 bits per heavy atom. The highest BCUT2D eigenvalue weighted by molar-refractivity contribution is 9.11. The molecule has 1 aromatic heterocycles. The minimum Gasteiger partial charge on any atom is -0.458 e. The van der Waals surface area contributed by atoms with Crippen molar-refractivity contribution in [3.63, 3.8) is 0 Å². The van der Waals surface area contributed by atoms with E-state index in [1.807, 2.05) is 34.6 Å². The van der Waals surface area contributed by atoms with Crippen LogP contribution in [0.3, 0.4) is 0 Å². The van der Waals surface area contributed by atoms with Crippen LogP contribution < -0.4 is 5.32 Å². The van der Waals surface area contributed by atoms with Gasteiger partial charge in [-0.2, -0.15) is 0 Å². The molecule has 1 amide bonds. The van der Waals surface area contributed by atoms with Crippen molar-refractivity contribution >= 4 is 39.1 Å². The van der Waals surface area contributed by atoms with Gasteiger partial charge in [0.1, 0.15) is 11.6 Å². The maximum absolute atomic E-state index is 12.3. The van der Waals surface area contributed by atoms with Crippen LogP contribution in [0.5, 0.6) is 0 Å². The zero-order valence-corrected chi connectivity index (χ0v) is 15.4. The Morgan fingerprint density at radius 3 is 2.48 bits per heavy atom. The van der Waals surface area contributed by atoms with Crippen LogP contribution in [0, 0.1) is 5.92 Å². The quantitative estimate of drug-likeness (QED) is 0.791. The number of nitrogens with one attached hydrogen (secondary N) is 1. The predicted molar refractivity (Wildman–Crippen MR) is 88.6 cm³/mol. The zero-order valence-electron chi connectivity index (χ0n) is 13.0. The third kappa shape index (κ3) is 5.79. The Labute approximate surface area is 138 Å². The lowest BCUT2D eigenvalue weighted by molar-refractivity contribution is -0.158. The SMILES string of the molecule is CC[C@H](C)[C@H](NC(=O)c1csc(Br)c1)C(=O)OC(C)(C)C. The summed E-state index contributed by atoms with van der Waals surface area (Å²) in [6.45, 7) is 9.36. The van der Waals surface area contributed by atoms with Crippen molar-refractivity contribution in [3.05, 3.63) is 20.8 Å². The van der Waals surface area contributed by atoms with Crippen LogP contribution in [-0.2, 0) is 9.53 Å². The average Bonchev–Trinajstić information content (AvgIpc) is 2.79. The summed E-state index contributed by atoms with van der Waals surface area (Å²) in [6, 6.07) is 1.10. The fourth-order valence-electron chi connectivity index (χ4n) is 1.69. The van der Waals surface area contributed by atoms with E-state index < -0.39 is 11.6 Å². The molecule has 4 nitrogen and oxygen atoms in total. The largest absolute Gasteiger partial charge is 0.458 e. The molecule has 21 heavy (non-hydrogen) atoms. The van der Waals surface area contributed by atoms with E-state index in [1.54, 1.807) is 11.4 Å². The molecule has 0 aliphatic carbocycles. The van der Waals surface area contributed by atoms with Gasteiger partial charge in [-0.15, -0.1) is 11.3 Å². The average molecular weight is 376 g/mol. The molecule has 0 fully saturated rings. The Bertz CT molecular complexity index is 507. The summed E-state index contributed by atoms with van der Waals surface area (Å²) in [6.07, 6.45) is 0.775. The molecular weight excluding hydrogens is 354 g/mol. The summed E-state index contributed by atoms with van der Waals surface area (Å²) in [5, 5.41) is 4.54. The van der Waals surface area contributed by atoms with Crippen molar-refractivity contribution in [2.45, 2.75) is 52.7 Å². The smallest absolute Gasteiger partial charge is 0.329 e. The van der Waals surface area contributed by atoms with Gasteiger partial charge in [-0.25, -0.2) is 4.79 Å². The van der Waals surface area contributed by atoms with Crippen LogP contribution in [0.1, 0.15) is 51.4 Å². The maximum Gasteiger partial charge on any atom is 0.329 e. The number of ether oxygens (including phenoxy) is 1. The molecule has 0 saturated heterocycles. The first-order valence-corrected chi connectivity index (χ1v) is 8.59. The van der Waals surface area contributed by atoms with Crippen LogP contribution in [-0.4, -0.2) is 23.5 Å². The van der Waals surface area contributed by atoms with E-state index in [1.165, 1.54) is 11.3 Å². The number of hydrogen-bond acceptors (Lipinski definition) is 4. The van der Waals surface area contributed by atoms with Crippen LogP contribution in [0.4, 0.5) is 0 Å². The third-order valence-electron chi connectivity index (χ3n) is 2.99. The molecule has 1 aromatic rings. The molecule has 0 aliphatic heterocycles. The van der Waals surface area contributed by atoms with Gasteiger partial charge >= 0.3 is 5.97 Å². The first-order chi connectivity index (χ1) is 9.64. The van der Waals surface area contributed by atoms with Crippen molar-refractivity contribution in [1.82, 2.24) is 5.32 Å². The van der Waals surface area contributed by atoms with E-state index in [9.17, 15) is 9.59 Å². The molecule has 1 N–H and O–H groups in total. The first kappa shape index (κ1) is 18.2. The number of rotatable bonds is 5. The fourth-order valence-corrected chi connectivity index (χ4v) is 2.82. The number of carbonyl (C=O) groups excluding carboxylic acids is 2. The Morgan fingerprint density at radius 1 is 1.43 bits per heavy atom. The zero-order chi connectivity index (χ0) is 16.2. The molecular formula is C15H22BrNO3S. The Hall–Kier alpha value is -0.880. The van der Waals surface area contributed by atoms with Crippen molar-refractivity contribution in [2.24, 2.45) is 5.92 Å². The molecule has 2 atom stereocenters. The van der Waals surface area contributed by atoms with Gasteiger partial charge in [0.2, 0.25) is 0 Å². The fraction of sp³-hybridized carbons (Fsp3) is 0.600. The van der Waals surface area contributed by atoms with Gasteiger partial charge in [0.25, 0.3) is 5.91 Å². The first-order valence-electron chi connectivity index (χ1n) is 6.91. The number of thiophene rings is 1. The molecule has 6 heteroatoms. The van der Waals surface area contributed by atoms with E-state index in [0.717, 1.165) is 10.2 Å². The Balaban J connectivity index is 2.83. The van der Waals surface area contributed by atoms with Gasteiger partial charge in [0.05, 0.1) is 9.35 Å². The second-order valence-electron chi connectivity index (χ2n) is 6.01. The van der Waals surface area contributed by atoms with Crippen LogP contribution in [0.15, 0.2) is 15.2 Å². The minimum atomic E-state index is -0.639. The number of esters is 1. The van der Waals surface area contributed by atoms with Gasteiger partial charge in [-0.1, -0.05) is 20.3 Å². The normalized spacial score (nSPS) is 14.4. The molecule has 1 rings (SSSR count). The third-order valence-corrected chi connectivity index (χ3v) is 4.49. The number of carbonyl (C=O) groups is 2. The number of hydrogen-bond donors (Lipinski definition) is 1. The lowest BCUT2D eigenvalue weighted by Crippen LogP contribution is -2.47. The van der Waals surface area contributed by atoms with Crippen molar-refractivity contribution in [1.29, 1.82) is 0 Å². The van der Waals surface area contributed by atoms with E-state index in [2.05, 4.69) is 21.2 Å². The van der Waals surface area contributed by atoms with Crippen molar-refractivity contribution < 1.29 is 14.3 Å². The highest BCUT2D eigenvalue weighted by atomic mass is 79.9. The Kier molecular flexibility index (Phi) is 6.41. The standard InChI is InChI=1S/C15H22BrNO3S/c1-6-9(2)12(14(19)20-15(3,4)5)17-13(18)10-7-11(16)21-8-10/h7-9,12H,6H2,1-5H3,(H,17,18)/t9-,12-/m0/s1. The summed E-state index contributed by atoms with van der Waals surface area (Å²) < 4.78 is 6.28. The second-order valence-corrected chi connectivity index (χ2v) is 8.30. The molecule has 0 aromatic carbocycles. The summed E-state index contributed by atoms with van der Waals surface area (Å²) in [5.74, 6) is -0.640. The minimum absolute atomic E-state index is 0.00544. The van der Waals surface area contributed by atoms with Crippen LogP contribution in [0.25, 0.3) is 0 Å². The monoisotopic (exact) mass is 375 g/mol. The van der Waals surface area contributed by atoms with E-state index in [4.69, 9.17) is 4.74 Å². The van der Waals surface area contributed by atoms with Crippen molar-refractivity contribution in [3.8, 4) is 0 Å².